The summed E-state index contributed by atoms with van der Waals surface area (Å²) in [6, 6.07) is 59.6. The number of furan rings is 1. The minimum absolute atomic E-state index is 0.602. The number of hydrogen-bond acceptors (Lipinski definition) is 4. The van der Waals surface area contributed by atoms with Crippen LogP contribution in [0, 0.1) is 0 Å². The highest BCUT2D eigenvalue weighted by Gasteiger charge is 2.25. The molecule has 0 saturated carbocycles. The first-order valence-corrected chi connectivity index (χ1v) is 18.2. The van der Waals surface area contributed by atoms with Crippen LogP contribution < -0.4 is 0 Å². The quantitative estimate of drug-likeness (QED) is 0.185. The Kier molecular flexibility index (Phi) is 5.99. The monoisotopic (exact) mass is 688 g/mol. The van der Waals surface area contributed by atoms with Gasteiger partial charge in [-0.05, 0) is 87.6 Å². The molecule has 5 nitrogen and oxygen atoms in total. The molecule has 8 aromatic carbocycles. The Morgan fingerprint density at radius 3 is 1.83 bits per heavy atom. The van der Waals surface area contributed by atoms with Crippen molar-refractivity contribution in [1.29, 1.82) is 0 Å². The number of hydrogen-bond donors (Lipinski definition) is 0. The van der Waals surface area contributed by atoms with Crippen LogP contribution >= 0.6 is 0 Å². The van der Waals surface area contributed by atoms with Crippen molar-refractivity contribution in [3.63, 3.8) is 0 Å². The summed E-state index contributed by atoms with van der Waals surface area (Å²) in [4.78, 5) is 15.5. The highest BCUT2D eigenvalue weighted by atomic mass is 16.3. The third kappa shape index (κ3) is 4.18. The van der Waals surface area contributed by atoms with E-state index in [1.165, 1.54) is 38.4 Å². The summed E-state index contributed by atoms with van der Waals surface area (Å²) in [5, 5.41) is 6.90. The van der Waals surface area contributed by atoms with Gasteiger partial charge in [-0.25, -0.2) is 15.0 Å². The van der Waals surface area contributed by atoms with Crippen LogP contribution in [0.1, 0.15) is 0 Å². The van der Waals surface area contributed by atoms with Gasteiger partial charge in [-0.15, -0.1) is 0 Å². The van der Waals surface area contributed by atoms with Gasteiger partial charge in [0.15, 0.2) is 17.5 Å². The molecule has 5 heteroatoms. The van der Waals surface area contributed by atoms with E-state index in [2.05, 4.69) is 144 Å². The van der Waals surface area contributed by atoms with Gasteiger partial charge in [0.05, 0.1) is 11.0 Å². The molecule has 250 valence electrons. The molecule has 0 N–H and O–H groups in total. The topological polar surface area (TPSA) is 56.7 Å². The van der Waals surface area contributed by atoms with Gasteiger partial charge in [0.25, 0.3) is 0 Å². The van der Waals surface area contributed by atoms with Gasteiger partial charge in [-0.3, -0.25) is 0 Å². The van der Waals surface area contributed by atoms with Crippen LogP contribution in [0.2, 0.25) is 0 Å². The zero-order valence-corrected chi connectivity index (χ0v) is 28.9. The van der Waals surface area contributed by atoms with Gasteiger partial charge in [-0.2, -0.15) is 0 Å². The van der Waals surface area contributed by atoms with Crippen molar-refractivity contribution < 1.29 is 4.42 Å². The molecule has 11 aromatic rings. The van der Waals surface area contributed by atoms with Crippen LogP contribution in [0.25, 0.3) is 117 Å². The highest BCUT2D eigenvalue weighted by molar-refractivity contribution is 6.20. The lowest BCUT2D eigenvalue weighted by Gasteiger charge is -2.10. The Balaban J connectivity index is 1.09. The smallest absolute Gasteiger partial charge is 0.164 e. The SMILES string of the molecule is c1ccc(-c2nc(-c3ccc4c(c3)c3ccccc3n4-c3ccccc3)nc(-c3cccc4oc5cc6c(cc5c34)-c3cccc4cccc-6c34)n2)cc1. The third-order valence-electron chi connectivity index (χ3n) is 11.0. The predicted octanol–water partition coefficient (Wildman–Crippen LogP) is 12.7. The van der Waals surface area contributed by atoms with E-state index < -0.39 is 0 Å². The van der Waals surface area contributed by atoms with Crippen molar-refractivity contribution in [1.82, 2.24) is 19.5 Å². The van der Waals surface area contributed by atoms with Gasteiger partial charge in [0.1, 0.15) is 11.2 Å². The summed E-state index contributed by atoms with van der Waals surface area (Å²) in [5.74, 6) is 1.84. The first-order chi connectivity index (χ1) is 26.8. The predicted molar refractivity (Wildman–Crippen MR) is 220 cm³/mol. The van der Waals surface area contributed by atoms with Crippen LogP contribution in [-0.4, -0.2) is 19.5 Å². The van der Waals surface area contributed by atoms with Gasteiger partial charge >= 0.3 is 0 Å². The molecule has 0 saturated heterocycles. The lowest BCUT2D eigenvalue weighted by molar-refractivity contribution is 0.669. The van der Waals surface area contributed by atoms with Crippen molar-refractivity contribution in [3.8, 4) is 62.1 Å². The molecule has 1 aliphatic carbocycles. The largest absolute Gasteiger partial charge is 0.456 e. The second kappa shape index (κ2) is 11.1. The Morgan fingerprint density at radius 2 is 1.02 bits per heavy atom. The van der Waals surface area contributed by atoms with Gasteiger partial charge in [0.2, 0.25) is 0 Å². The van der Waals surface area contributed by atoms with E-state index in [4.69, 9.17) is 19.4 Å². The maximum Gasteiger partial charge on any atom is 0.164 e. The van der Waals surface area contributed by atoms with E-state index in [-0.39, 0.29) is 0 Å². The molecule has 3 heterocycles. The summed E-state index contributed by atoms with van der Waals surface area (Å²) >= 11 is 0. The maximum absolute atomic E-state index is 6.62. The summed E-state index contributed by atoms with van der Waals surface area (Å²) < 4.78 is 8.94. The van der Waals surface area contributed by atoms with Crippen molar-refractivity contribution >= 4 is 54.5 Å². The van der Waals surface area contributed by atoms with Crippen molar-refractivity contribution in [3.05, 3.63) is 170 Å². The van der Waals surface area contributed by atoms with Crippen LogP contribution in [0.3, 0.4) is 0 Å². The Labute approximate surface area is 309 Å². The fraction of sp³-hybridized carbons (Fsp3) is 0. The van der Waals surface area contributed by atoms with E-state index >= 15 is 0 Å². The van der Waals surface area contributed by atoms with Gasteiger partial charge < -0.3 is 8.98 Å². The molecule has 0 fully saturated rings. The van der Waals surface area contributed by atoms with Gasteiger partial charge in [-0.1, -0.05) is 115 Å². The fourth-order valence-electron chi connectivity index (χ4n) is 8.60. The minimum Gasteiger partial charge on any atom is -0.456 e. The number of aromatic nitrogens is 4. The molecule has 0 spiro atoms. The van der Waals surface area contributed by atoms with Crippen LogP contribution in [0.4, 0.5) is 0 Å². The second-order valence-electron chi connectivity index (χ2n) is 14.0. The molecule has 0 aliphatic heterocycles. The molecule has 0 radical (unpaired) electrons. The van der Waals surface area contributed by atoms with Crippen LogP contribution in [-0.2, 0) is 0 Å². The molecular weight excluding hydrogens is 661 g/mol. The molecule has 12 rings (SSSR count). The lowest BCUT2D eigenvalue weighted by atomic mass is 9.99. The average Bonchev–Trinajstić information content (AvgIpc) is 3.88. The molecular formula is C49H28N4O. The number of rotatable bonds is 4. The van der Waals surface area contributed by atoms with Crippen LogP contribution in [0.15, 0.2) is 174 Å². The van der Waals surface area contributed by atoms with E-state index in [9.17, 15) is 0 Å². The number of para-hydroxylation sites is 2. The van der Waals surface area contributed by atoms with Crippen molar-refractivity contribution in [2.24, 2.45) is 0 Å². The summed E-state index contributed by atoms with van der Waals surface area (Å²) in [6.45, 7) is 0. The number of fused-ring (bicyclic) bond motifs is 9. The summed E-state index contributed by atoms with van der Waals surface area (Å²) in [7, 11) is 0. The van der Waals surface area contributed by atoms with E-state index in [0.29, 0.717) is 17.5 Å². The first kappa shape index (κ1) is 29.2. The van der Waals surface area contributed by atoms with E-state index in [1.54, 1.807) is 0 Å². The minimum atomic E-state index is 0.602. The fourth-order valence-corrected chi connectivity index (χ4v) is 8.60. The number of nitrogens with zero attached hydrogens (tertiary/aromatic N) is 4. The first-order valence-electron chi connectivity index (χ1n) is 18.2. The van der Waals surface area contributed by atoms with Crippen molar-refractivity contribution in [2.75, 3.05) is 0 Å². The zero-order valence-electron chi connectivity index (χ0n) is 28.9. The second-order valence-corrected chi connectivity index (χ2v) is 14.0. The Hall–Kier alpha value is -7.37. The zero-order chi connectivity index (χ0) is 35.3. The Morgan fingerprint density at radius 1 is 0.370 bits per heavy atom. The van der Waals surface area contributed by atoms with Crippen molar-refractivity contribution in [2.45, 2.75) is 0 Å². The summed E-state index contributed by atoms with van der Waals surface area (Å²) in [5.41, 5.74) is 12.7. The normalized spacial score (nSPS) is 12.1. The molecule has 0 atom stereocenters. The maximum atomic E-state index is 6.62. The van der Waals surface area contributed by atoms with E-state index in [1.807, 2.05) is 30.3 Å². The molecule has 0 bridgehead atoms. The van der Waals surface area contributed by atoms with E-state index in [0.717, 1.165) is 60.7 Å². The highest BCUT2D eigenvalue weighted by Crippen LogP contribution is 2.50. The summed E-state index contributed by atoms with van der Waals surface area (Å²) in [6.07, 6.45) is 0. The molecule has 1 aliphatic rings. The number of benzene rings is 8. The molecule has 0 unspecified atom stereocenters. The third-order valence-corrected chi connectivity index (χ3v) is 11.0. The Bertz CT molecular complexity index is 3320. The van der Waals surface area contributed by atoms with Crippen LogP contribution in [0.5, 0.6) is 0 Å². The lowest BCUT2D eigenvalue weighted by Crippen LogP contribution is -2.00. The van der Waals surface area contributed by atoms with Gasteiger partial charge in [0, 0.05) is 43.9 Å². The standard InChI is InChI=1S/C49H28N4O/c1-3-12-30(13-4-1)47-50-48(31-24-25-42-39(26-31)33-18-7-8-22-41(33)53(42)32-16-5-2-6-17-32)52-49(51-47)36-21-11-23-43-46(36)40-27-37-34-19-9-14-29-15-10-20-35(45(29)34)38(37)28-44(40)54-43/h1-28H. The molecule has 0 amide bonds. The molecule has 54 heavy (non-hydrogen) atoms. The average molecular weight is 689 g/mol. The molecule has 3 aromatic heterocycles.